The molecule has 7 nitrogen and oxygen atoms in total. The van der Waals surface area contributed by atoms with Crippen LogP contribution in [0.2, 0.25) is 0 Å². The highest BCUT2D eigenvalue weighted by Gasteiger charge is 2.26. The number of benzene rings is 2. The van der Waals surface area contributed by atoms with E-state index in [2.05, 4.69) is 21.5 Å². The molecule has 3 N–H and O–H groups in total. The summed E-state index contributed by atoms with van der Waals surface area (Å²) in [6.45, 7) is 3.84. The Morgan fingerprint density at radius 1 is 1.23 bits per heavy atom. The van der Waals surface area contributed by atoms with Crippen LogP contribution in [0, 0.1) is 18.8 Å². The molecule has 0 spiro atoms. The first kappa shape index (κ1) is 21.4. The zero-order valence-electron chi connectivity index (χ0n) is 16.6. The number of nitrogens with one attached hydrogen (secondary N) is 2. The van der Waals surface area contributed by atoms with Gasteiger partial charge in [-0.05, 0) is 49.2 Å². The predicted molar refractivity (Wildman–Crippen MR) is 114 cm³/mol. The molecule has 0 fully saturated rings. The molecule has 8 heteroatoms. The normalized spacial score (nSPS) is 12.2. The summed E-state index contributed by atoms with van der Waals surface area (Å²) in [5.41, 5.74) is 2.66. The standard InChI is InChI=1S/C22H22N2O5S/c1-3-4-12-29-17-8-10-18(11-9-17)30(27,28)24-20(22(25)26)13-16-14-23-21-15(2)6-5-7-19(16)21/h5-11,14,20,23-24H,12-13H2,1-2H3,(H,25,26)/t20-/m0/s1. The maximum atomic E-state index is 12.7. The van der Waals surface area contributed by atoms with E-state index in [0.29, 0.717) is 5.75 Å². The van der Waals surface area contributed by atoms with Crippen LogP contribution in [0.25, 0.3) is 10.9 Å². The number of aromatic amines is 1. The monoisotopic (exact) mass is 426 g/mol. The highest BCUT2D eigenvalue weighted by atomic mass is 32.2. The number of aryl methyl sites for hydroxylation is 1. The van der Waals surface area contributed by atoms with Gasteiger partial charge in [0.25, 0.3) is 0 Å². The van der Waals surface area contributed by atoms with Gasteiger partial charge >= 0.3 is 5.97 Å². The van der Waals surface area contributed by atoms with Crippen LogP contribution in [0.5, 0.6) is 5.75 Å². The molecule has 156 valence electrons. The van der Waals surface area contributed by atoms with Crippen molar-refractivity contribution in [3.05, 3.63) is 59.8 Å². The van der Waals surface area contributed by atoms with Gasteiger partial charge in [0.1, 0.15) is 18.4 Å². The van der Waals surface area contributed by atoms with Gasteiger partial charge in [0, 0.05) is 23.5 Å². The lowest BCUT2D eigenvalue weighted by molar-refractivity contribution is -0.138. The molecule has 3 aromatic rings. The van der Waals surface area contributed by atoms with E-state index in [1.54, 1.807) is 13.1 Å². The maximum absolute atomic E-state index is 12.7. The molecule has 1 heterocycles. The highest BCUT2D eigenvalue weighted by Crippen LogP contribution is 2.23. The van der Waals surface area contributed by atoms with E-state index in [-0.39, 0.29) is 17.9 Å². The molecule has 0 amide bonds. The number of sulfonamides is 1. The smallest absolute Gasteiger partial charge is 0.322 e. The molecule has 0 aliphatic carbocycles. The first-order chi connectivity index (χ1) is 14.3. The van der Waals surface area contributed by atoms with Crippen molar-refractivity contribution in [3.8, 4) is 17.6 Å². The number of fused-ring (bicyclic) bond motifs is 1. The van der Waals surface area contributed by atoms with Crippen molar-refractivity contribution >= 4 is 26.9 Å². The molecule has 30 heavy (non-hydrogen) atoms. The van der Waals surface area contributed by atoms with Crippen molar-refractivity contribution in [2.45, 2.75) is 31.2 Å². The zero-order chi connectivity index (χ0) is 21.7. The number of rotatable bonds is 8. The van der Waals surface area contributed by atoms with Crippen LogP contribution in [0.15, 0.2) is 53.6 Å². The average Bonchev–Trinajstić information content (AvgIpc) is 3.12. The lowest BCUT2D eigenvalue weighted by atomic mass is 10.0. The van der Waals surface area contributed by atoms with Crippen molar-refractivity contribution in [1.82, 2.24) is 9.71 Å². The predicted octanol–water partition coefficient (Wildman–Crippen LogP) is 2.85. The van der Waals surface area contributed by atoms with Crippen LogP contribution < -0.4 is 9.46 Å². The summed E-state index contributed by atoms with van der Waals surface area (Å²) in [6.07, 6.45) is 1.72. The number of ether oxygens (including phenoxy) is 1. The first-order valence-corrected chi connectivity index (χ1v) is 10.7. The Labute approximate surface area is 175 Å². The number of H-pyrrole nitrogens is 1. The summed E-state index contributed by atoms with van der Waals surface area (Å²) in [4.78, 5) is 14.9. The van der Waals surface area contributed by atoms with Crippen LogP contribution in [0.1, 0.15) is 18.1 Å². The fraction of sp³-hybridized carbons (Fsp3) is 0.227. The second kappa shape index (κ2) is 9.03. The number of carboxylic acids is 1. The topological polar surface area (TPSA) is 108 Å². The Morgan fingerprint density at radius 2 is 1.97 bits per heavy atom. The van der Waals surface area contributed by atoms with Gasteiger partial charge in [-0.3, -0.25) is 4.79 Å². The van der Waals surface area contributed by atoms with Gasteiger partial charge < -0.3 is 14.8 Å². The van der Waals surface area contributed by atoms with Gasteiger partial charge in [0.05, 0.1) is 4.90 Å². The molecule has 0 bridgehead atoms. The molecular formula is C22H22N2O5S. The van der Waals surface area contributed by atoms with Gasteiger partial charge in [0.15, 0.2) is 0 Å². The van der Waals surface area contributed by atoms with Gasteiger partial charge in [0.2, 0.25) is 10.0 Å². The molecule has 0 aliphatic rings. The number of hydrogen-bond donors (Lipinski definition) is 3. The SMILES string of the molecule is CC#CCOc1ccc(S(=O)(=O)N[C@@H](Cc2c[nH]c3c(C)cccc23)C(=O)O)cc1. The Bertz CT molecular complexity index is 1220. The molecule has 0 saturated heterocycles. The molecule has 1 aromatic heterocycles. The van der Waals surface area contributed by atoms with Crippen LogP contribution in [0.4, 0.5) is 0 Å². The molecular weight excluding hydrogens is 404 g/mol. The van der Waals surface area contributed by atoms with Crippen LogP contribution in [-0.4, -0.2) is 37.1 Å². The molecule has 0 saturated carbocycles. The zero-order valence-corrected chi connectivity index (χ0v) is 17.4. The first-order valence-electron chi connectivity index (χ1n) is 9.25. The molecule has 0 radical (unpaired) electrons. The highest BCUT2D eigenvalue weighted by molar-refractivity contribution is 7.89. The third-order valence-corrected chi connectivity index (χ3v) is 6.14. The minimum Gasteiger partial charge on any atom is -0.481 e. The summed E-state index contributed by atoms with van der Waals surface area (Å²) in [6, 6.07) is 10.1. The van der Waals surface area contributed by atoms with Crippen LogP contribution in [0.3, 0.4) is 0 Å². The Hall–Kier alpha value is -3.28. The summed E-state index contributed by atoms with van der Waals surface area (Å²) in [7, 11) is -4.04. The number of carboxylic acid groups (broad SMARTS) is 1. The van der Waals surface area contributed by atoms with Crippen molar-refractivity contribution in [2.24, 2.45) is 0 Å². The summed E-state index contributed by atoms with van der Waals surface area (Å²) in [5.74, 6) is 4.67. The summed E-state index contributed by atoms with van der Waals surface area (Å²) in [5, 5.41) is 10.5. The number of para-hydroxylation sites is 1. The third-order valence-electron chi connectivity index (χ3n) is 4.65. The van der Waals surface area contributed by atoms with Gasteiger partial charge in [-0.2, -0.15) is 4.72 Å². The van der Waals surface area contributed by atoms with E-state index in [9.17, 15) is 18.3 Å². The quantitative estimate of drug-likeness (QED) is 0.480. The number of aliphatic carboxylic acids is 1. The summed E-state index contributed by atoms with van der Waals surface area (Å²) < 4.78 is 33.1. The summed E-state index contributed by atoms with van der Waals surface area (Å²) >= 11 is 0. The lowest BCUT2D eigenvalue weighted by Crippen LogP contribution is -2.42. The Balaban J connectivity index is 1.78. The lowest BCUT2D eigenvalue weighted by Gasteiger charge is -2.15. The molecule has 3 rings (SSSR count). The largest absolute Gasteiger partial charge is 0.481 e. The van der Waals surface area contributed by atoms with Crippen LogP contribution in [-0.2, 0) is 21.2 Å². The van der Waals surface area contributed by atoms with E-state index in [0.717, 1.165) is 22.0 Å². The van der Waals surface area contributed by atoms with Gasteiger partial charge in [-0.15, -0.1) is 5.92 Å². The third kappa shape index (κ3) is 4.82. The Kier molecular flexibility index (Phi) is 6.45. The van der Waals surface area contributed by atoms with Crippen molar-refractivity contribution in [2.75, 3.05) is 6.61 Å². The molecule has 0 unspecified atom stereocenters. The van der Waals surface area contributed by atoms with Gasteiger partial charge in [-0.25, -0.2) is 8.42 Å². The van der Waals surface area contributed by atoms with E-state index in [1.165, 1.54) is 24.3 Å². The van der Waals surface area contributed by atoms with Crippen molar-refractivity contribution in [3.63, 3.8) is 0 Å². The van der Waals surface area contributed by atoms with Crippen molar-refractivity contribution < 1.29 is 23.1 Å². The fourth-order valence-electron chi connectivity index (χ4n) is 3.09. The molecule has 1 atom stereocenters. The van der Waals surface area contributed by atoms with E-state index in [4.69, 9.17) is 4.74 Å². The minimum absolute atomic E-state index is 0.00883. The van der Waals surface area contributed by atoms with Crippen LogP contribution >= 0.6 is 0 Å². The van der Waals surface area contributed by atoms with E-state index >= 15 is 0 Å². The van der Waals surface area contributed by atoms with E-state index in [1.807, 2.05) is 25.1 Å². The molecule has 2 aromatic carbocycles. The Morgan fingerprint density at radius 3 is 2.63 bits per heavy atom. The second-order valence-corrected chi connectivity index (χ2v) is 8.43. The number of carbonyl (C=O) groups is 1. The number of aromatic nitrogens is 1. The number of hydrogen-bond acceptors (Lipinski definition) is 4. The minimum atomic E-state index is -4.04. The molecule has 0 aliphatic heterocycles. The van der Waals surface area contributed by atoms with E-state index < -0.39 is 22.0 Å². The maximum Gasteiger partial charge on any atom is 0.322 e. The fourth-order valence-corrected chi connectivity index (χ4v) is 4.28. The van der Waals surface area contributed by atoms with Crippen molar-refractivity contribution in [1.29, 1.82) is 0 Å². The van der Waals surface area contributed by atoms with Gasteiger partial charge in [-0.1, -0.05) is 24.1 Å². The average molecular weight is 426 g/mol. The second-order valence-electron chi connectivity index (χ2n) is 6.71.